The van der Waals surface area contributed by atoms with Gasteiger partial charge in [-0.05, 0) is 45.0 Å². The van der Waals surface area contributed by atoms with Gasteiger partial charge >= 0.3 is 0 Å². The normalized spacial score (nSPS) is 10.8. The highest BCUT2D eigenvalue weighted by molar-refractivity contribution is 6.05. The summed E-state index contributed by atoms with van der Waals surface area (Å²) in [4.78, 5) is 25.4. The van der Waals surface area contributed by atoms with Crippen molar-refractivity contribution in [2.75, 3.05) is 10.6 Å². The minimum Gasteiger partial charge on any atom is -0.340 e. The molecule has 0 aliphatic heterocycles. The van der Waals surface area contributed by atoms with E-state index >= 15 is 0 Å². The van der Waals surface area contributed by atoms with Crippen molar-refractivity contribution < 1.29 is 4.79 Å². The molecule has 3 heterocycles. The SMILES string of the molecule is Cc1nn(C)c(C)c1C(=O)Nc1ccc(Nc2cc(-n3ccnc3C)ncn2)cc1. The van der Waals surface area contributed by atoms with Gasteiger partial charge in [0.2, 0.25) is 0 Å². The monoisotopic (exact) mass is 402 g/mol. The van der Waals surface area contributed by atoms with E-state index in [-0.39, 0.29) is 5.91 Å². The average Bonchev–Trinajstić information content (AvgIpc) is 3.26. The van der Waals surface area contributed by atoms with E-state index in [2.05, 4.69) is 30.7 Å². The van der Waals surface area contributed by atoms with Gasteiger partial charge < -0.3 is 10.6 Å². The van der Waals surface area contributed by atoms with Crippen LogP contribution in [0, 0.1) is 20.8 Å². The Bertz CT molecular complexity index is 1210. The van der Waals surface area contributed by atoms with E-state index in [1.165, 1.54) is 6.33 Å². The lowest BCUT2D eigenvalue weighted by Crippen LogP contribution is -2.14. The molecule has 0 unspecified atom stereocenters. The predicted octanol–water partition coefficient (Wildman–Crippen LogP) is 3.32. The van der Waals surface area contributed by atoms with Crippen molar-refractivity contribution in [3.8, 4) is 5.82 Å². The summed E-state index contributed by atoms with van der Waals surface area (Å²) in [6, 6.07) is 9.27. The Kier molecular flexibility index (Phi) is 5.01. The first-order chi connectivity index (χ1) is 14.4. The summed E-state index contributed by atoms with van der Waals surface area (Å²) in [6.07, 6.45) is 5.08. The number of rotatable bonds is 5. The van der Waals surface area contributed by atoms with Crippen molar-refractivity contribution in [3.63, 3.8) is 0 Å². The zero-order valence-corrected chi connectivity index (χ0v) is 17.2. The zero-order valence-electron chi connectivity index (χ0n) is 17.2. The van der Waals surface area contributed by atoms with Gasteiger partial charge in [-0.2, -0.15) is 5.10 Å². The molecule has 3 aromatic heterocycles. The summed E-state index contributed by atoms with van der Waals surface area (Å²) >= 11 is 0. The first-order valence-corrected chi connectivity index (χ1v) is 9.43. The third-order valence-corrected chi connectivity index (χ3v) is 4.88. The third-order valence-electron chi connectivity index (χ3n) is 4.88. The van der Waals surface area contributed by atoms with E-state index in [4.69, 9.17) is 0 Å². The molecule has 9 heteroatoms. The standard InChI is InChI=1S/C21H22N8O/c1-13-20(14(2)28(4)27-13)21(30)26-17-7-5-16(6-8-17)25-18-11-19(24-12-23-18)29-10-9-22-15(29)3/h5-12H,1-4H3,(H,26,30)(H,23,24,25). The second-order valence-electron chi connectivity index (χ2n) is 6.93. The van der Waals surface area contributed by atoms with Gasteiger partial charge in [0.1, 0.15) is 23.8 Å². The van der Waals surface area contributed by atoms with Crippen molar-refractivity contribution in [3.05, 3.63) is 71.8 Å². The molecule has 0 fully saturated rings. The highest BCUT2D eigenvalue weighted by Crippen LogP contribution is 2.20. The maximum Gasteiger partial charge on any atom is 0.259 e. The molecule has 1 aromatic carbocycles. The minimum atomic E-state index is -0.171. The van der Waals surface area contributed by atoms with E-state index in [0.717, 1.165) is 23.0 Å². The molecule has 0 spiro atoms. The summed E-state index contributed by atoms with van der Waals surface area (Å²) in [5.74, 6) is 2.06. The molecular weight excluding hydrogens is 380 g/mol. The lowest BCUT2D eigenvalue weighted by atomic mass is 10.1. The van der Waals surface area contributed by atoms with Crippen molar-refractivity contribution in [1.29, 1.82) is 0 Å². The number of hydrogen-bond donors (Lipinski definition) is 2. The largest absolute Gasteiger partial charge is 0.340 e. The number of carbonyl (C=O) groups excluding carboxylic acids is 1. The van der Waals surface area contributed by atoms with Gasteiger partial charge in [-0.25, -0.2) is 15.0 Å². The van der Waals surface area contributed by atoms with Crippen LogP contribution in [0.15, 0.2) is 49.1 Å². The maximum absolute atomic E-state index is 12.6. The van der Waals surface area contributed by atoms with Gasteiger partial charge in [0, 0.05) is 42.6 Å². The molecule has 0 radical (unpaired) electrons. The number of aryl methyl sites for hydroxylation is 3. The number of aromatic nitrogens is 6. The summed E-state index contributed by atoms with van der Waals surface area (Å²) in [6.45, 7) is 5.62. The predicted molar refractivity (Wildman–Crippen MR) is 114 cm³/mol. The van der Waals surface area contributed by atoms with Gasteiger partial charge in [-0.1, -0.05) is 0 Å². The Morgan fingerprint density at radius 3 is 2.37 bits per heavy atom. The number of nitrogens with zero attached hydrogens (tertiary/aromatic N) is 6. The van der Waals surface area contributed by atoms with Crippen LogP contribution in [0.2, 0.25) is 0 Å². The lowest BCUT2D eigenvalue weighted by molar-refractivity contribution is 0.102. The number of hydrogen-bond acceptors (Lipinski definition) is 6. The number of carbonyl (C=O) groups is 1. The van der Waals surface area contributed by atoms with Crippen LogP contribution in [-0.2, 0) is 7.05 Å². The number of nitrogens with one attached hydrogen (secondary N) is 2. The molecule has 152 valence electrons. The molecule has 0 atom stereocenters. The van der Waals surface area contributed by atoms with Crippen molar-refractivity contribution in [2.24, 2.45) is 7.05 Å². The van der Waals surface area contributed by atoms with Crippen LogP contribution in [-0.4, -0.2) is 35.2 Å². The number of benzene rings is 1. The molecule has 1 amide bonds. The third kappa shape index (κ3) is 3.77. The van der Waals surface area contributed by atoms with Crippen LogP contribution < -0.4 is 10.6 Å². The number of amides is 1. The molecular formula is C21H22N8O. The number of imidazole rings is 1. The fourth-order valence-corrected chi connectivity index (χ4v) is 3.25. The van der Waals surface area contributed by atoms with Crippen molar-refractivity contribution >= 4 is 23.1 Å². The van der Waals surface area contributed by atoms with Gasteiger partial charge in [0.05, 0.1) is 11.3 Å². The van der Waals surface area contributed by atoms with Crippen LogP contribution in [0.4, 0.5) is 17.2 Å². The molecule has 4 rings (SSSR count). The molecule has 4 aromatic rings. The average molecular weight is 402 g/mol. The topological polar surface area (TPSA) is 103 Å². The summed E-state index contributed by atoms with van der Waals surface area (Å²) in [5, 5.41) is 10.5. The Hall–Kier alpha value is -4.01. The smallest absolute Gasteiger partial charge is 0.259 e. The molecule has 0 saturated carbocycles. The Labute approximate surface area is 173 Å². The summed E-state index contributed by atoms with van der Waals surface area (Å²) in [7, 11) is 1.83. The highest BCUT2D eigenvalue weighted by atomic mass is 16.1. The minimum absolute atomic E-state index is 0.171. The van der Waals surface area contributed by atoms with Gasteiger partial charge in [-0.15, -0.1) is 0 Å². The Morgan fingerprint density at radius 2 is 1.73 bits per heavy atom. The van der Waals surface area contributed by atoms with E-state index in [0.29, 0.717) is 22.8 Å². The molecule has 9 nitrogen and oxygen atoms in total. The molecule has 0 bridgehead atoms. The van der Waals surface area contributed by atoms with Crippen LogP contribution in [0.25, 0.3) is 5.82 Å². The van der Waals surface area contributed by atoms with Gasteiger partial charge in [0.25, 0.3) is 5.91 Å². The lowest BCUT2D eigenvalue weighted by Gasteiger charge is -2.10. The van der Waals surface area contributed by atoms with Crippen molar-refractivity contribution in [2.45, 2.75) is 20.8 Å². The molecule has 0 saturated heterocycles. The molecule has 2 N–H and O–H groups in total. The van der Waals surface area contributed by atoms with Crippen LogP contribution in [0.3, 0.4) is 0 Å². The first-order valence-electron chi connectivity index (χ1n) is 9.43. The van der Waals surface area contributed by atoms with E-state index < -0.39 is 0 Å². The van der Waals surface area contributed by atoms with Gasteiger partial charge in [-0.3, -0.25) is 14.0 Å². The van der Waals surface area contributed by atoms with Crippen LogP contribution >= 0.6 is 0 Å². The van der Waals surface area contributed by atoms with Crippen LogP contribution in [0.5, 0.6) is 0 Å². The quantitative estimate of drug-likeness (QED) is 0.531. The van der Waals surface area contributed by atoms with Crippen LogP contribution in [0.1, 0.15) is 27.6 Å². The molecule has 0 aliphatic carbocycles. The van der Waals surface area contributed by atoms with Crippen molar-refractivity contribution in [1.82, 2.24) is 29.3 Å². The summed E-state index contributed by atoms with van der Waals surface area (Å²) in [5.41, 5.74) is 3.68. The van der Waals surface area contributed by atoms with Gasteiger partial charge in [0.15, 0.2) is 0 Å². The molecule has 30 heavy (non-hydrogen) atoms. The second kappa shape index (κ2) is 7.78. The Morgan fingerprint density at radius 1 is 1.00 bits per heavy atom. The fraction of sp³-hybridized carbons (Fsp3) is 0.190. The maximum atomic E-state index is 12.6. The van der Waals surface area contributed by atoms with E-state index in [9.17, 15) is 4.79 Å². The first kappa shape index (κ1) is 19.3. The fourth-order valence-electron chi connectivity index (χ4n) is 3.25. The number of anilines is 3. The second-order valence-corrected chi connectivity index (χ2v) is 6.93. The summed E-state index contributed by atoms with van der Waals surface area (Å²) < 4.78 is 3.59. The van der Waals surface area contributed by atoms with E-state index in [1.807, 2.05) is 68.9 Å². The molecule has 0 aliphatic rings. The Balaban J connectivity index is 1.47. The zero-order chi connectivity index (χ0) is 21.3. The van der Waals surface area contributed by atoms with E-state index in [1.54, 1.807) is 10.9 Å². The highest BCUT2D eigenvalue weighted by Gasteiger charge is 2.17.